The Bertz CT molecular complexity index is 4660. The van der Waals surface area contributed by atoms with Gasteiger partial charge in [-0.1, -0.05) is 163 Å². The third-order valence-electron chi connectivity index (χ3n) is 18.6. The molecule has 354 valence electrons. The molecule has 0 radical (unpaired) electrons. The molecule has 0 aliphatic heterocycles. The standard InChI is InChI=1S/C73H50O2/c1-71(2)57-37-53-59(72(3,4)61-33-49(45-19-11-13-21-47(45)67(53)61)41-25-27-63-55(31-41)69-43-17-9-7-15-39(43)23-29-65(69)74-63)35-51(57)52-36-60-54(38-58(52)71)68-48-22-14-12-20-46(48)50(34-62(68)73(60,5)6)42-26-28-64-56(32-42)70-44-18-10-8-16-40(44)24-30-66(70)75-64/h7-38H,1-6H3. The maximum atomic E-state index is 6.49. The van der Waals surface area contributed by atoms with E-state index in [0.29, 0.717) is 0 Å². The van der Waals surface area contributed by atoms with Crippen molar-refractivity contribution in [2.45, 2.75) is 57.8 Å². The molecule has 75 heavy (non-hydrogen) atoms. The van der Waals surface area contributed by atoms with Gasteiger partial charge in [0, 0.05) is 37.8 Å². The summed E-state index contributed by atoms with van der Waals surface area (Å²) in [6, 6.07) is 73.1. The van der Waals surface area contributed by atoms with Crippen molar-refractivity contribution in [3.05, 3.63) is 228 Å². The van der Waals surface area contributed by atoms with Gasteiger partial charge in [-0.05, 0) is 205 Å². The molecule has 3 aliphatic rings. The first kappa shape index (κ1) is 41.7. The van der Waals surface area contributed by atoms with Gasteiger partial charge in [0.25, 0.3) is 0 Å². The van der Waals surface area contributed by atoms with Gasteiger partial charge in [-0.15, -0.1) is 0 Å². The second-order valence-corrected chi connectivity index (χ2v) is 23.5. The molecule has 0 N–H and O–H groups in total. The number of hydrogen-bond donors (Lipinski definition) is 0. The van der Waals surface area contributed by atoms with E-state index in [1.54, 1.807) is 0 Å². The fourth-order valence-electron chi connectivity index (χ4n) is 14.8. The second-order valence-electron chi connectivity index (χ2n) is 23.5. The molecule has 2 aromatic heterocycles. The van der Waals surface area contributed by atoms with Crippen molar-refractivity contribution >= 4 is 87.0 Å². The average molecular weight is 959 g/mol. The van der Waals surface area contributed by atoms with Crippen molar-refractivity contribution in [3.63, 3.8) is 0 Å². The van der Waals surface area contributed by atoms with Crippen LogP contribution in [0.5, 0.6) is 0 Å². The van der Waals surface area contributed by atoms with E-state index in [2.05, 4.69) is 236 Å². The van der Waals surface area contributed by atoms with Gasteiger partial charge in [-0.3, -0.25) is 0 Å². The molecular weight excluding hydrogens is 909 g/mol. The summed E-state index contributed by atoms with van der Waals surface area (Å²) in [4.78, 5) is 0. The molecule has 2 nitrogen and oxygen atoms in total. The van der Waals surface area contributed by atoms with Crippen LogP contribution in [0.15, 0.2) is 203 Å². The highest BCUT2D eigenvalue weighted by molar-refractivity contribution is 6.22. The van der Waals surface area contributed by atoms with Gasteiger partial charge in [-0.2, -0.15) is 0 Å². The number of furan rings is 2. The van der Waals surface area contributed by atoms with E-state index in [4.69, 9.17) is 8.83 Å². The zero-order chi connectivity index (χ0) is 50.0. The van der Waals surface area contributed by atoms with E-state index in [1.165, 1.54) is 143 Å². The SMILES string of the molecule is CC1(C)c2cc3c(cc2-c2cc4c(cc21)-c1c(cc(-c2ccc5oc6ccc7ccccc7c6c5c2)c2ccccc12)C4(C)C)C(C)(C)c1cc(-c2ccc4oc5ccc6ccccc6c5c4c2)c2ccccc2c1-3. The maximum absolute atomic E-state index is 6.49. The molecule has 12 aromatic carbocycles. The Hall–Kier alpha value is -8.72. The van der Waals surface area contributed by atoms with Crippen LogP contribution in [0.4, 0.5) is 0 Å². The monoisotopic (exact) mass is 958 g/mol. The minimum atomic E-state index is -0.242. The van der Waals surface area contributed by atoms with Gasteiger partial charge in [0.1, 0.15) is 22.3 Å². The lowest BCUT2D eigenvalue weighted by atomic mass is 9.78. The van der Waals surface area contributed by atoms with Crippen LogP contribution in [-0.4, -0.2) is 0 Å². The molecule has 0 spiro atoms. The summed E-state index contributed by atoms with van der Waals surface area (Å²) < 4.78 is 13.0. The van der Waals surface area contributed by atoms with Gasteiger partial charge in [0.2, 0.25) is 0 Å². The Balaban J connectivity index is 0.817. The first-order valence-electron chi connectivity index (χ1n) is 26.6. The number of rotatable bonds is 2. The van der Waals surface area contributed by atoms with Crippen molar-refractivity contribution < 1.29 is 8.83 Å². The lowest BCUT2D eigenvalue weighted by Crippen LogP contribution is -2.17. The molecular formula is C73H50O2. The van der Waals surface area contributed by atoms with E-state index in [9.17, 15) is 0 Å². The predicted molar refractivity (Wildman–Crippen MR) is 315 cm³/mol. The van der Waals surface area contributed by atoms with Crippen molar-refractivity contribution in [1.82, 2.24) is 0 Å². The molecule has 2 heteroatoms. The summed E-state index contributed by atoms with van der Waals surface area (Å²) in [6.07, 6.45) is 0. The van der Waals surface area contributed by atoms with Crippen LogP contribution in [0.2, 0.25) is 0 Å². The van der Waals surface area contributed by atoms with Gasteiger partial charge in [0.15, 0.2) is 0 Å². The van der Waals surface area contributed by atoms with Gasteiger partial charge in [-0.25, -0.2) is 0 Å². The minimum Gasteiger partial charge on any atom is -0.456 e. The Labute approximate surface area is 434 Å². The summed E-state index contributed by atoms with van der Waals surface area (Å²) in [5, 5.41) is 14.7. The summed E-state index contributed by atoms with van der Waals surface area (Å²) >= 11 is 0. The summed E-state index contributed by atoms with van der Waals surface area (Å²) in [6.45, 7) is 14.7. The van der Waals surface area contributed by atoms with Crippen LogP contribution >= 0.6 is 0 Å². The Morgan fingerprint density at radius 2 is 0.587 bits per heavy atom. The van der Waals surface area contributed by atoms with Crippen molar-refractivity contribution in [2.75, 3.05) is 0 Å². The second kappa shape index (κ2) is 13.9. The molecule has 0 atom stereocenters. The van der Waals surface area contributed by atoms with E-state index in [1.807, 2.05) is 0 Å². The fourth-order valence-corrected chi connectivity index (χ4v) is 14.8. The molecule has 2 heterocycles. The molecule has 3 aliphatic carbocycles. The molecule has 0 fully saturated rings. The maximum Gasteiger partial charge on any atom is 0.136 e. The number of fused-ring (bicyclic) bond motifs is 23. The smallest absolute Gasteiger partial charge is 0.136 e. The molecule has 0 bridgehead atoms. The predicted octanol–water partition coefficient (Wildman–Crippen LogP) is 20.4. The highest BCUT2D eigenvalue weighted by Gasteiger charge is 2.45. The van der Waals surface area contributed by atoms with E-state index in [0.717, 1.165) is 33.1 Å². The van der Waals surface area contributed by atoms with Crippen molar-refractivity contribution in [1.29, 1.82) is 0 Å². The minimum absolute atomic E-state index is 0.222. The van der Waals surface area contributed by atoms with Crippen LogP contribution in [-0.2, 0) is 16.2 Å². The third-order valence-corrected chi connectivity index (χ3v) is 18.6. The summed E-state index contributed by atoms with van der Waals surface area (Å²) in [7, 11) is 0. The topological polar surface area (TPSA) is 26.3 Å². The van der Waals surface area contributed by atoms with Crippen LogP contribution in [0.3, 0.4) is 0 Å². The highest BCUT2D eigenvalue weighted by atomic mass is 16.3. The molecule has 0 saturated carbocycles. The fraction of sp³-hybridized carbons (Fsp3) is 0.123. The first-order chi connectivity index (χ1) is 36.4. The van der Waals surface area contributed by atoms with E-state index >= 15 is 0 Å². The highest BCUT2D eigenvalue weighted by Crippen LogP contribution is 2.62. The zero-order valence-electron chi connectivity index (χ0n) is 42.8. The van der Waals surface area contributed by atoms with Gasteiger partial charge in [0.05, 0.1) is 0 Å². The Morgan fingerprint density at radius 3 is 1.03 bits per heavy atom. The van der Waals surface area contributed by atoms with Gasteiger partial charge >= 0.3 is 0 Å². The van der Waals surface area contributed by atoms with Gasteiger partial charge < -0.3 is 8.83 Å². The van der Waals surface area contributed by atoms with Crippen molar-refractivity contribution in [3.8, 4) is 55.6 Å². The first-order valence-corrected chi connectivity index (χ1v) is 26.6. The largest absolute Gasteiger partial charge is 0.456 e. The molecule has 0 amide bonds. The molecule has 0 unspecified atom stereocenters. The zero-order valence-corrected chi connectivity index (χ0v) is 42.8. The average Bonchev–Trinajstić information content (AvgIpc) is 4.35. The Kier molecular flexibility index (Phi) is 7.73. The van der Waals surface area contributed by atoms with Crippen LogP contribution in [0.25, 0.3) is 143 Å². The van der Waals surface area contributed by atoms with Crippen LogP contribution in [0.1, 0.15) is 74.9 Å². The molecule has 17 rings (SSSR count). The number of hydrogen-bond acceptors (Lipinski definition) is 2. The number of benzene rings is 12. The normalized spacial score (nSPS) is 15.4. The molecule has 14 aromatic rings. The van der Waals surface area contributed by atoms with E-state index < -0.39 is 0 Å². The van der Waals surface area contributed by atoms with E-state index in [-0.39, 0.29) is 16.2 Å². The summed E-state index contributed by atoms with van der Waals surface area (Å²) in [5.74, 6) is 0. The quantitative estimate of drug-likeness (QED) is 0.173. The van der Waals surface area contributed by atoms with Crippen LogP contribution < -0.4 is 0 Å². The Morgan fingerprint density at radius 1 is 0.253 bits per heavy atom. The van der Waals surface area contributed by atoms with Crippen LogP contribution in [0, 0.1) is 0 Å². The lowest BCUT2D eigenvalue weighted by molar-refractivity contribution is 0.649. The summed E-state index contributed by atoms with van der Waals surface area (Å²) in [5.41, 5.74) is 24.6. The molecule has 0 saturated heterocycles. The van der Waals surface area contributed by atoms with Crippen molar-refractivity contribution in [2.24, 2.45) is 0 Å². The lowest BCUT2D eigenvalue weighted by Gasteiger charge is -2.25. The third kappa shape index (κ3) is 5.24.